The van der Waals surface area contributed by atoms with Crippen LogP contribution in [0.15, 0.2) is 11.1 Å². The maximum Gasteiger partial charge on any atom is 1.00 e. The summed E-state index contributed by atoms with van der Waals surface area (Å²) in [5.41, 5.74) is 4.52. The topological polar surface area (TPSA) is 302 Å². The summed E-state index contributed by atoms with van der Waals surface area (Å²) in [6, 6.07) is 0. The Bertz CT molecular complexity index is 1240. The number of anilines is 1. The predicted molar refractivity (Wildman–Crippen MR) is 104 cm³/mol. The summed E-state index contributed by atoms with van der Waals surface area (Å²) < 4.78 is 48.7. The molecule has 1 aliphatic rings. The largest absolute Gasteiger partial charge is 1.00 e. The number of aliphatic hydroxyl groups excluding tert-OH is 2. The molecule has 0 amide bonds. The smallest absolute Gasteiger partial charge is 1.00 e. The fourth-order valence-corrected chi connectivity index (χ4v) is 6.17. The number of aliphatic hydroxyl groups is 2. The first-order valence-electron chi connectivity index (χ1n) is 8.19. The average Bonchev–Trinajstić information content (AvgIpc) is 3.12. The number of phosphoric ester groups is 1. The molecule has 3 rings (SSSR count). The van der Waals surface area contributed by atoms with Crippen molar-refractivity contribution in [2.24, 2.45) is 0 Å². The monoisotopic (exact) mass is 594 g/mol. The maximum absolute atomic E-state index is 11.9. The van der Waals surface area contributed by atoms with Crippen LogP contribution in [0.25, 0.3) is 11.2 Å². The van der Waals surface area contributed by atoms with E-state index in [9.17, 15) is 38.5 Å². The van der Waals surface area contributed by atoms with Gasteiger partial charge in [0.25, 0.3) is 5.56 Å². The van der Waals surface area contributed by atoms with Crippen LogP contribution in [0, 0.1) is 0 Å². The number of imidazole rings is 1. The number of nitrogens with zero attached hydrogens (tertiary/aromatic N) is 3. The number of H-pyrrole nitrogens is 1. The third-order valence-corrected chi connectivity index (χ3v) is 8.17. The number of hydrogen-bond donors (Lipinski definition) is 9. The van der Waals surface area contributed by atoms with Gasteiger partial charge in [-0.3, -0.25) is 18.9 Å². The number of aromatic nitrogens is 4. The zero-order chi connectivity index (χ0) is 24.1. The van der Waals surface area contributed by atoms with Crippen LogP contribution in [0.5, 0.6) is 0 Å². The van der Waals surface area contributed by atoms with E-state index in [4.69, 9.17) is 20.3 Å². The van der Waals surface area contributed by atoms with Gasteiger partial charge in [-0.2, -0.15) is 9.29 Å². The minimum absolute atomic E-state index is 0. The number of phosphoric acid groups is 1. The van der Waals surface area contributed by atoms with Crippen LogP contribution in [0.3, 0.4) is 0 Å². The number of nitrogen functional groups attached to an aromatic ring is 1. The summed E-state index contributed by atoms with van der Waals surface area (Å²) in [5.74, 6) is -0.270. The van der Waals surface area contributed by atoms with E-state index in [0.29, 0.717) is 0 Å². The Hall–Kier alpha value is 1.44. The van der Waals surface area contributed by atoms with E-state index in [1.807, 2.05) is 0 Å². The Morgan fingerprint density at radius 2 is 1.77 bits per heavy atom. The quantitative estimate of drug-likeness (QED) is 0.101. The predicted octanol–water partition coefficient (Wildman–Crippen LogP) is -11.4. The van der Waals surface area contributed by atoms with Gasteiger partial charge in [0.2, 0.25) is 5.95 Å². The van der Waals surface area contributed by atoms with Gasteiger partial charge < -0.3 is 44.5 Å². The molecule has 25 heteroatoms. The molecule has 6 unspecified atom stereocenters. The molecule has 6 atom stereocenters. The van der Waals surface area contributed by atoms with Gasteiger partial charge in [-0.25, -0.2) is 18.7 Å². The van der Waals surface area contributed by atoms with Crippen LogP contribution in [0.2, 0.25) is 0 Å². The molecule has 0 aliphatic carbocycles. The molecular weight excluding hydrogens is 574 g/mol. The number of aromatic amines is 1. The normalized spacial score (nSPS) is 25.5. The summed E-state index contributed by atoms with van der Waals surface area (Å²) in [6.07, 6.45) is -5.26. The van der Waals surface area contributed by atoms with E-state index in [0.717, 1.165) is 15.8 Å². The van der Waals surface area contributed by atoms with Crippen molar-refractivity contribution < 1.29 is 150 Å². The van der Waals surface area contributed by atoms with Gasteiger partial charge in [-0.05, 0) is 0 Å². The van der Waals surface area contributed by atoms with Crippen molar-refractivity contribution in [3.05, 3.63) is 16.7 Å². The summed E-state index contributed by atoms with van der Waals surface area (Å²) in [4.78, 5) is 58.5. The van der Waals surface area contributed by atoms with Crippen LogP contribution in [-0.4, -0.2) is 74.2 Å². The van der Waals surface area contributed by atoms with Gasteiger partial charge >= 0.3 is 112 Å². The number of hydrogen-bond acceptors (Lipinski definition) is 12. The molecule has 35 heavy (non-hydrogen) atoms. The minimum atomic E-state index is -5.48. The molecule has 186 valence electrons. The second-order valence-corrected chi connectivity index (χ2v) is 11.1. The molecule has 1 fully saturated rings. The van der Waals surface area contributed by atoms with E-state index in [1.165, 1.54) is 0 Å². The third-order valence-electron chi connectivity index (χ3n) is 3.93. The molecule has 0 saturated carbocycles. The van der Waals surface area contributed by atoms with Gasteiger partial charge in [-0.15, -0.1) is 4.86 Å². The Morgan fingerprint density at radius 3 is 2.34 bits per heavy atom. The standard InChI is InChI=1S/C10H17N6O13P3.3Na.3H/c11-10-13-7-4(8(19)14-10)12-2-16(7)9-6(18)5(17)3(28-9)1-27-32(25,26)29-31(23,24)15-30(20,21)22;;;;;;/h2-3,5-6,9,17-18H,1H2,(H,25,26)(H3,11,13,14,19)(H4,15,20,21,22,23,24);;;;;;/q;3*+1;3*-1. The van der Waals surface area contributed by atoms with Crippen molar-refractivity contribution in [3.63, 3.8) is 0 Å². The van der Waals surface area contributed by atoms with E-state index in [2.05, 4.69) is 23.8 Å². The zero-order valence-corrected chi connectivity index (χ0v) is 27.1. The van der Waals surface area contributed by atoms with Crippen molar-refractivity contribution >= 4 is 40.4 Å². The second kappa shape index (κ2) is 13.7. The Morgan fingerprint density at radius 1 is 1.17 bits per heavy atom. The molecule has 2 aromatic heterocycles. The zero-order valence-electron chi connectivity index (χ0n) is 21.4. The van der Waals surface area contributed by atoms with E-state index in [1.54, 1.807) is 0 Å². The molecule has 3 heterocycles. The van der Waals surface area contributed by atoms with Crippen molar-refractivity contribution in [1.29, 1.82) is 0 Å². The van der Waals surface area contributed by atoms with Gasteiger partial charge in [-0.1, -0.05) is 0 Å². The maximum atomic E-state index is 11.9. The second-order valence-electron chi connectivity index (χ2n) is 6.33. The van der Waals surface area contributed by atoms with Gasteiger partial charge in [0, 0.05) is 0 Å². The van der Waals surface area contributed by atoms with Crippen molar-refractivity contribution in [2.45, 2.75) is 24.5 Å². The first-order chi connectivity index (χ1) is 14.6. The van der Waals surface area contributed by atoms with Crippen LogP contribution >= 0.6 is 23.3 Å². The molecule has 0 spiro atoms. The first-order valence-corrected chi connectivity index (χ1v) is 12.9. The van der Waals surface area contributed by atoms with E-state index >= 15 is 0 Å². The van der Waals surface area contributed by atoms with Gasteiger partial charge in [0.05, 0.1) is 12.9 Å². The number of nitrogens with one attached hydrogen (secondary N) is 2. The van der Waals surface area contributed by atoms with Crippen LogP contribution in [0.4, 0.5) is 5.95 Å². The summed E-state index contributed by atoms with van der Waals surface area (Å²) in [6.45, 7) is -0.985. The fourth-order valence-electron chi connectivity index (χ4n) is 2.74. The van der Waals surface area contributed by atoms with Crippen LogP contribution < -0.4 is 105 Å². The summed E-state index contributed by atoms with van der Waals surface area (Å²) in [5, 5.41) is 20.4. The third kappa shape index (κ3) is 9.54. The molecular formula is C10H20N6Na3O13P3. The number of nitrogens with two attached hydrogens (primary N) is 1. The Kier molecular flexibility index (Phi) is 14.2. The first kappa shape index (κ1) is 36.4. The molecule has 0 aromatic carbocycles. The summed E-state index contributed by atoms with van der Waals surface area (Å²) >= 11 is 0. The summed E-state index contributed by atoms with van der Waals surface area (Å²) in [7, 11) is -16.2. The van der Waals surface area contributed by atoms with Crippen LogP contribution in [-0.2, 0) is 27.3 Å². The fraction of sp³-hybridized carbons (Fsp3) is 0.500. The van der Waals surface area contributed by atoms with Crippen LogP contribution in [0.1, 0.15) is 10.5 Å². The van der Waals surface area contributed by atoms with E-state index < -0.39 is 60.0 Å². The number of ether oxygens (including phenoxy) is 1. The van der Waals surface area contributed by atoms with Crippen molar-refractivity contribution in [3.8, 4) is 0 Å². The molecule has 10 N–H and O–H groups in total. The van der Waals surface area contributed by atoms with Crippen molar-refractivity contribution in [2.75, 3.05) is 12.3 Å². The average molecular weight is 594 g/mol. The molecule has 0 radical (unpaired) electrons. The number of rotatable bonds is 8. The molecule has 0 bridgehead atoms. The SMILES string of the molecule is Nc1nc2c(ncn2C2OC(COP(=O)(O)OP(=O)(O)NP(=O)(O)O)C(O)C2O)c(=O)[nH]1.[H-].[H-].[H-].[Na+].[Na+].[Na+]. The Balaban J connectivity index is -0.000000963. The molecule has 19 nitrogen and oxygen atoms in total. The molecule has 1 saturated heterocycles. The van der Waals surface area contributed by atoms with E-state index in [-0.39, 0.29) is 110 Å². The van der Waals surface area contributed by atoms with Crippen molar-refractivity contribution in [1.82, 2.24) is 24.4 Å². The molecule has 1 aliphatic heterocycles. The molecule has 2 aromatic rings. The Labute approximate surface area is 265 Å². The number of fused-ring (bicyclic) bond motifs is 1. The van der Waals surface area contributed by atoms with Gasteiger partial charge in [0.1, 0.15) is 18.3 Å². The van der Waals surface area contributed by atoms with Gasteiger partial charge in [0.15, 0.2) is 17.4 Å². The minimum Gasteiger partial charge on any atom is -1.00 e.